The number of thiazole rings is 1. The second-order valence-corrected chi connectivity index (χ2v) is 24.7. The molecule has 0 radical (unpaired) electrons. The van der Waals surface area contributed by atoms with E-state index in [1.165, 1.54) is 29.2 Å². The van der Waals surface area contributed by atoms with Crippen LogP contribution in [0.5, 0.6) is 0 Å². The first kappa shape index (κ1) is 52.5. The Kier molecular flexibility index (Phi) is 14.5. The molecule has 75 heavy (non-hydrogen) atoms. The van der Waals surface area contributed by atoms with E-state index in [1.54, 1.807) is 7.11 Å². The number of piperazine rings is 1. The molecule has 4 aromatic rings. The van der Waals surface area contributed by atoms with Crippen molar-refractivity contribution < 1.29 is 42.8 Å². The monoisotopic (exact) mass is 1050 g/mol. The molecule has 8 aliphatic rings. The van der Waals surface area contributed by atoms with Crippen LogP contribution in [0.25, 0.3) is 33.4 Å². The maximum atomic E-state index is 15.0. The third-order valence-corrected chi connectivity index (χ3v) is 18.5. The number of rotatable bonds is 13. The molecular formula is C57H78N8O9S. The van der Waals surface area contributed by atoms with Crippen LogP contribution in [-0.2, 0) is 55.8 Å². The summed E-state index contributed by atoms with van der Waals surface area (Å²) < 4.78 is 40.2. The average molecular weight is 1050 g/mol. The van der Waals surface area contributed by atoms with Gasteiger partial charge in [-0.3, -0.25) is 29.3 Å². The minimum Gasteiger partial charge on any atom is -0.464 e. The summed E-state index contributed by atoms with van der Waals surface area (Å²) in [6, 6.07) is 7.61. The molecule has 2 aliphatic carbocycles. The Morgan fingerprint density at radius 1 is 0.987 bits per heavy atom. The number of carbonyl (C=O) groups is 3. The van der Waals surface area contributed by atoms with Crippen molar-refractivity contribution in [1.82, 2.24) is 35.2 Å². The molecule has 4 atom stereocenters. The fraction of sp³-hybridized carbons (Fsp3) is 0.667. The van der Waals surface area contributed by atoms with E-state index in [0.717, 1.165) is 95.4 Å². The van der Waals surface area contributed by atoms with Crippen molar-refractivity contribution in [2.24, 2.45) is 10.8 Å². The standard InChI is InChI=1S/C57H78N8O9S/c1-9-71-49-47(60-53(68)57-32-56(7,33-57)55(5,6)74-57)51(66)65-18-10-11-43(61-65)52(67)73-34-54(3,4)29-42-40-27-36(44-31-75-50(49)59-44)12-15-45(40)64(23-26-72-39-16-24-70-25-17-39)48(42)41-28-38(30-58-46(41)35(2)69-8)63-21-19-62(20-22-63)37-13-14-37/h12,15,27-28,30-31,35,37,39,43,47,49,61H,9-11,13-14,16-26,29,32-34H2,1-8H3,(H,60,68)/t35-,43?,47-,49-,56?,57?/m0/s1. The van der Waals surface area contributed by atoms with Crippen LogP contribution < -0.4 is 15.6 Å². The van der Waals surface area contributed by atoms with Gasteiger partial charge in [-0.25, -0.2) is 10.4 Å². The minimum atomic E-state index is -1.19. The van der Waals surface area contributed by atoms with E-state index in [0.29, 0.717) is 70.0 Å². The second kappa shape index (κ2) is 20.7. The number of methoxy groups -OCH3 is 1. The summed E-state index contributed by atoms with van der Waals surface area (Å²) in [5, 5.41) is 8.21. The molecule has 0 spiro atoms. The first-order valence-electron chi connectivity index (χ1n) is 27.7. The van der Waals surface area contributed by atoms with Gasteiger partial charge in [0.1, 0.15) is 28.8 Å². The minimum absolute atomic E-state index is 0.119. The van der Waals surface area contributed by atoms with Crippen molar-refractivity contribution in [1.29, 1.82) is 0 Å². The highest BCUT2D eigenvalue weighted by molar-refractivity contribution is 7.10. The van der Waals surface area contributed by atoms with Gasteiger partial charge >= 0.3 is 5.97 Å². The Bertz CT molecular complexity index is 2770. The first-order chi connectivity index (χ1) is 36.0. The van der Waals surface area contributed by atoms with Crippen LogP contribution >= 0.6 is 11.3 Å². The van der Waals surface area contributed by atoms with Gasteiger partial charge in [-0.1, -0.05) is 26.8 Å². The van der Waals surface area contributed by atoms with Gasteiger partial charge in [-0.05, 0) is 109 Å². The van der Waals surface area contributed by atoms with E-state index in [9.17, 15) is 9.59 Å². The predicted octanol–water partition coefficient (Wildman–Crippen LogP) is 7.55. The Labute approximate surface area is 445 Å². The molecule has 3 aromatic heterocycles. The quantitative estimate of drug-likeness (QED) is 0.126. The molecule has 7 fully saturated rings. The lowest BCUT2D eigenvalue weighted by atomic mass is 9.57. The van der Waals surface area contributed by atoms with Crippen molar-refractivity contribution >= 4 is 45.7 Å². The van der Waals surface area contributed by atoms with Crippen LogP contribution in [0.15, 0.2) is 35.8 Å². The molecule has 2 saturated carbocycles. The highest BCUT2D eigenvalue weighted by Gasteiger charge is 2.72. The molecule has 1 unspecified atom stereocenters. The maximum absolute atomic E-state index is 15.0. The lowest BCUT2D eigenvalue weighted by Gasteiger charge is -2.44. The molecule has 12 rings (SSSR count). The number of amides is 2. The van der Waals surface area contributed by atoms with Crippen LogP contribution in [0.2, 0.25) is 0 Å². The molecule has 2 amide bonds. The summed E-state index contributed by atoms with van der Waals surface area (Å²) >= 11 is 1.40. The number of hydrogen-bond acceptors (Lipinski definition) is 15. The number of fused-ring (bicyclic) bond motifs is 7. The van der Waals surface area contributed by atoms with Crippen molar-refractivity contribution in [3.8, 4) is 22.5 Å². The van der Waals surface area contributed by atoms with Gasteiger partial charge in [0.2, 0.25) is 0 Å². The second-order valence-electron chi connectivity index (χ2n) is 23.8. The van der Waals surface area contributed by atoms with E-state index in [4.69, 9.17) is 38.4 Å². The summed E-state index contributed by atoms with van der Waals surface area (Å²) in [7, 11) is 1.74. The Morgan fingerprint density at radius 3 is 2.47 bits per heavy atom. The average Bonchev–Trinajstić information content (AvgIpc) is 4.16. The summed E-state index contributed by atoms with van der Waals surface area (Å²) in [5.74, 6) is -1.21. The lowest BCUT2D eigenvalue weighted by Crippen LogP contribution is -2.64. The van der Waals surface area contributed by atoms with Crippen molar-refractivity contribution in [3.63, 3.8) is 0 Å². The van der Waals surface area contributed by atoms with E-state index in [-0.39, 0.29) is 36.7 Å². The van der Waals surface area contributed by atoms with Gasteiger partial charge in [0.25, 0.3) is 11.8 Å². The Morgan fingerprint density at radius 2 is 1.76 bits per heavy atom. The van der Waals surface area contributed by atoms with Gasteiger partial charge in [-0.2, -0.15) is 0 Å². The van der Waals surface area contributed by atoms with Crippen LogP contribution in [0.1, 0.15) is 128 Å². The third-order valence-electron chi connectivity index (χ3n) is 17.6. The fourth-order valence-corrected chi connectivity index (χ4v) is 13.7. The normalized spacial score (nSPS) is 28.7. The Hall–Kier alpha value is -4.53. The number of cyclic esters (lactones) is 1. The molecule has 18 heteroatoms. The molecule has 2 N–H and O–H groups in total. The number of hydrogen-bond donors (Lipinski definition) is 2. The smallest absolute Gasteiger partial charge is 0.324 e. The number of nitrogens with zero attached hydrogens (tertiary/aromatic N) is 6. The van der Waals surface area contributed by atoms with E-state index >= 15 is 4.79 Å². The molecule has 17 nitrogen and oxygen atoms in total. The van der Waals surface area contributed by atoms with Gasteiger partial charge in [-0.15, -0.1) is 11.3 Å². The van der Waals surface area contributed by atoms with E-state index in [1.807, 2.05) is 32.3 Å². The summed E-state index contributed by atoms with van der Waals surface area (Å²) in [6.07, 6.45) is 7.86. The van der Waals surface area contributed by atoms with E-state index < -0.39 is 46.7 Å². The number of carbonyl (C=O) groups excluding carboxylic acids is 3. The fourth-order valence-electron chi connectivity index (χ4n) is 12.8. The van der Waals surface area contributed by atoms with Crippen LogP contribution in [-0.4, -0.2) is 151 Å². The van der Waals surface area contributed by atoms with Gasteiger partial charge < -0.3 is 43.2 Å². The molecule has 6 aliphatic heterocycles. The lowest BCUT2D eigenvalue weighted by molar-refractivity contribution is -0.160. The van der Waals surface area contributed by atoms with Gasteiger partial charge in [0.05, 0.1) is 60.0 Å². The van der Waals surface area contributed by atoms with Crippen molar-refractivity contribution in [2.75, 3.05) is 77.8 Å². The predicted molar refractivity (Wildman–Crippen MR) is 286 cm³/mol. The summed E-state index contributed by atoms with van der Waals surface area (Å²) in [4.78, 5) is 59.5. The summed E-state index contributed by atoms with van der Waals surface area (Å²) in [6.45, 7) is 21.5. The van der Waals surface area contributed by atoms with Gasteiger partial charge in [0.15, 0.2) is 0 Å². The molecule has 5 saturated heterocycles. The third kappa shape index (κ3) is 10.2. The zero-order valence-corrected chi connectivity index (χ0v) is 46.2. The number of pyridine rings is 1. The van der Waals surface area contributed by atoms with Crippen LogP contribution in [0.4, 0.5) is 5.69 Å². The number of aromatic nitrogens is 3. The highest BCUT2D eigenvalue weighted by atomic mass is 32.1. The molecule has 8 bridgehead atoms. The largest absolute Gasteiger partial charge is 0.464 e. The van der Waals surface area contributed by atoms with Crippen molar-refractivity contribution in [3.05, 3.63) is 52.1 Å². The number of anilines is 1. The van der Waals surface area contributed by atoms with Crippen LogP contribution in [0.3, 0.4) is 0 Å². The number of esters is 1. The number of benzene rings is 1. The van der Waals surface area contributed by atoms with Crippen molar-refractivity contribution in [2.45, 2.75) is 160 Å². The van der Waals surface area contributed by atoms with E-state index in [2.05, 4.69) is 77.1 Å². The molecular weight excluding hydrogens is 973 g/mol. The zero-order valence-electron chi connectivity index (χ0n) is 45.3. The molecule has 1 aromatic carbocycles. The first-order valence-corrected chi connectivity index (χ1v) is 28.6. The SMILES string of the molecule is CCO[C@@H]1c2nc(cs2)-c2ccc3c(c2)c(c(-c2cc(N4CCN(C5CC5)CC4)cnc2[C@H](C)OC)n3CCOC2CCOCC2)CC(C)(C)COC(=O)C2CCCN(N2)C(=O)[C@H]1NC(=O)C12CC(C)(C1)C(C)(C)O2. The van der Waals surface area contributed by atoms with Crippen LogP contribution in [0, 0.1) is 10.8 Å². The van der Waals surface area contributed by atoms with Gasteiger partial charge in [0, 0.05) is 110 Å². The Balaban J connectivity index is 1.04. The topological polar surface area (TPSA) is 171 Å². The zero-order chi connectivity index (χ0) is 52.4. The number of nitrogens with one attached hydrogen (secondary N) is 2. The number of hydrazine groups is 1. The molecule has 9 heterocycles. The summed E-state index contributed by atoms with van der Waals surface area (Å²) in [5.41, 5.74) is 8.64. The maximum Gasteiger partial charge on any atom is 0.324 e. The number of ether oxygens (including phenoxy) is 6. The highest BCUT2D eigenvalue weighted by Crippen LogP contribution is 2.66. The molecule has 406 valence electrons.